The number of anilines is 1. The molecule has 2 unspecified atom stereocenters. The lowest BCUT2D eigenvalue weighted by Gasteiger charge is -2.34. The zero-order valence-corrected chi connectivity index (χ0v) is 9.85. The molecule has 1 aromatic heterocycles. The molecule has 1 aliphatic carbocycles. The standard InChI is InChI=1S/C9H16ClN5/c1-14(9-11-12-13-15(9)2)8-6-4-3-5-7(8)10/h7-8H,3-6H2,1-2H3. The largest absolute Gasteiger partial charge is 0.338 e. The quantitative estimate of drug-likeness (QED) is 0.715. The van der Waals surface area contributed by atoms with Crippen LogP contribution >= 0.6 is 11.6 Å². The van der Waals surface area contributed by atoms with Crippen molar-refractivity contribution in [2.45, 2.75) is 37.1 Å². The molecule has 0 aliphatic heterocycles. The summed E-state index contributed by atoms with van der Waals surface area (Å²) in [4.78, 5) is 2.09. The maximum atomic E-state index is 6.33. The molecule has 0 spiro atoms. The van der Waals surface area contributed by atoms with Crippen LogP contribution in [-0.2, 0) is 7.05 Å². The van der Waals surface area contributed by atoms with E-state index in [0.29, 0.717) is 6.04 Å². The highest BCUT2D eigenvalue weighted by molar-refractivity contribution is 6.21. The molecular weight excluding hydrogens is 214 g/mol. The number of hydrogen-bond donors (Lipinski definition) is 0. The Morgan fingerprint density at radius 2 is 2.13 bits per heavy atom. The van der Waals surface area contributed by atoms with E-state index in [1.54, 1.807) is 4.68 Å². The zero-order valence-electron chi connectivity index (χ0n) is 9.10. The van der Waals surface area contributed by atoms with Crippen molar-refractivity contribution in [1.29, 1.82) is 0 Å². The molecule has 0 radical (unpaired) electrons. The lowest BCUT2D eigenvalue weighted by Crippen LogP contribution is -2.42. The number of aryl methyl sites for hydroxylation is 1. The maximum absolute atomic E-state index is 6.33. The molecule has 0 saturated heterocycles. The lowest BCUT2D eigenvalue weighted by atomic mass is 9.94. The predicted molar refractivity (Wildman–Crippen MR) is 59.1 cm³/mol. The van der Waals surface area contributed by atoms with Crippen LogP contribution in [0.1, 0.15) is 25.7 Å². The molecule has 1 aromatic rings. The summed E-state index contributed by atoms with van der Waals surface area (Å²) in [5.41, 5.74) is 0. The number of hydrogen-bond acceptors (Lipinski definition) is 4. The maximum Gasteiger partial charge on any atom is 0.245 e. The van der Waals surface area contributed by atoms with Crippen LogP contribution in [0.15, 0.2) is 0 Å². The fourth-order valence-corrected chi connectivity index (χ4v) is 2.62. The molecule has 2 atom stereocenters. The van der Waals surface area contributed by atoms with Gasteiger partial charge < -0.3 is 4.90 Å². The van der Waals surface area contributed by atoms with Crippen LogP contribution in [0.3, 0.4) is 0 Å². The van der Waals surface area contributed by atoms with Gasteiger partial charge in [-0.1, -0.05) is 17.9 Å². The highest BCUT2D eigenvalue weighted by Crippen LogP contribution is 2.28. The lowest BCUT2D eigenvalue weighted by molar-refractivity contribution is 0.428. The van der Waals surface area contributed by atoms with Crippen LogP contribution in [0.25, 0.3) is 0 Å². The van der Waals surface area contributed by atoms with E-state index in [1.165, 1.54) is 12.8 Å². The van der Waals surface area contributed by atoms with Gasteiger partial charge in [-0.05, 0) is 23.3 Å². The summed E-state index contributed by atoms with van der Waals surface area (Å²) in [6, 6.07) is 0.352. The van der Waals surface area contributed by atoms with E-state index >= 15 is 0 Å². The van der Waals surface area contributed by atoms with Crippen LogP contribution in [-0.4, -0.2) is 38.7 Å². The van der Waals surface area contributed by atoms with E-state index < -0.39 is 0 Å². The first-order chi connectivity index (χ1) is 7.20. The SMILES string of the molecule is CN(c1nnnn1C)C1CCCCC1Cl. The van der Waals surface area contributed by atoms with E-state index in [1.807, 2.05) is 14.1 Å². The summed E-state index contributed by atoms with van der Waals surface area (Å²) in [6.07, 6.45) is 4.68. The first kappa shape index (κ1) is 10.7. The topological polar surface area (TPSA) is 46.8 Å². The first-order valence-electron chi connectivity index (χ1n) is 5.29. The fourth-order valence-electron chi connectivity index (χ4n) is 2.17. The second-order valence-corrected chi connectivity index (χ2v) is 4.64. The zero-order chi connectivity index (χ0) is 10.8. The van der Waals surface area contributed by atoms with Gasteiger partial charge in [-0.3, -0.25) is 0 Å². The Morgan fingerprint density at radius 1 is 1.40 bits per heavy atom. The van der Waals surface area contributed by atoms with Gasteiger partial charge in [-0.2, -0.15) is 0 Å². The van der Waals surface area contributed by atoms with Gasteiger partial charge in [0.25, 0.3) is 0 Å². The van der Waals surface area contributed by atoms with Crippen molar-refractivity contribution in [2.75, 3.05) is 11.9 Å². The number of aromatic nitrogens is 4. The summed E-state index contributed by atoms with van der Waals surface area (Å²) in [6.45, 7) is 0. The molecule has 1 saturated carbocycles. The molecule has 1 heterocycles. The monoisotopic (exact) mass is 229 g/mol. The van der Waals surface area contributed by atoms with E-state index in [9.17, 15) is 0 Å². The van der Waals surface area contributed by atoms with Crippen LogP contribution in [0.4, 0.5) is 5.95 Å². The molecule has 0 amide bonds. The predicted octanol–water partition coefficient (Wildman–Crippen LogP) is 1.20. The third kappa shape index (κ3) is 2.07. The van der Waals surface area contributed by atoms with Crippen molar-refractivity contribution in [3.8, 4) is 0 Å². The summed E-state index contributed by atoms with van der Waals surface area (Å²) in [5.74, 6) is 0.785. The van der Waals surface area contributed by atoms with Crippen molar-refractivity contribution >= 4 is 17.5 Å². The molecule has 6 heteroatoms. The van der Waals surface area contributed by atoms with Gasteiger partial charge in [0, 0.05) is 20.1 Å². The Balaban J connectivity index is 2.13. The minimum absolute atomic E-state index is 0.209. The summed E-state index contributed by atoms with van der Waals surface area (Å²) in [7, 11) is 3.86. The van der Waals surface area contributed by atoms with E-state index in [0.717, 1.165) is 18.8 Å². The first-order valence-corrected chi connectivity index (χ1v) is 5.73. The second-order valence-electron chi connectivity index (χ2n) is 4.08. The fraction of sp³-hybridized carbons (Fsp3) is 0.889. The third-order valence-corrected chi connectivity index (χ3v) is 3.57. The molecule has 84 valence electrons. The van der Waals surface area contributed by atoms with Gasteiger partial charge in [0.05, 0.1) is 5.38 Å². The van der Waals surface area contributed by atoms with Crippen molar-refractivity contribution in [3.63, 3.8) is 0 Å². The molecule has 15 heavy (non-hydrogen) atoms. The van der Waals surface area contributed by atoms with Gasteiger partial charge in [0.15, 0.2) is 0 Å². The van der Waals surface area contributed by atoms with Gasteiger partial charge >= 0.3 is 0 Å². The van der Waals surface area contributed by atoms with Crippen molar-refractivity contribution in [3.05, 3.63) is 0 Å². The highest BCUT2D eigenvalue weighted by Gasteiger charge is 2.28. The smallest absolute Gasteiger partial charge is 0.245 e. The minimum Gasteiger partial charge on any atom is -0.338 e. The number of nitrogens with zero attached hydrogens (tertiary/aromatic N) is 5. The summed E-state index contributed by atoms with van der Waals surface area (Å²) >= 11 is 6.33. The summed E-state index contributed by atoms with van der Waals surface area (Å²) < 4.78 is 1.68. The van der Waals surface area contributed by atoms with Crippen LogP contribution in [0.2, 0.25) is 0 Å². The number of rotatable bonds is 2. The molecule has 1 aliphatic rings. The van der Waals surface area contributed by atoms with Gasteiger partial charge in [0.1, 0.15) is 0 Å². The number of alkyl halides is 1. The molecule has 0 bridgehead atoms. The average molecular weight is 230 g/mol. The molecular formula is C9H16ClN5. The molecule has 0 aromatic carbocycles. The normalized spacial score (nSPS) is 26.6. The highest BCUT2D eigenvalue weighted by atomic mass is 35.5. The summed E-state index contributed by atoms with van der Waals surface area (Å²) in [5, 5.41) is 11.7. The van der Waals surface area contributed by atoms with Crippen molar-refractivity contribution in [1.82, 2.24) is 20.2 Å². The van der Waals surface area contributed by atoms with Gasteiger partial charge in [-0.15, -0.1) is 11.6 Å². The Morgan fingerprint density at radius 3 is 2.73 bits per heavy atom. The van der Waals surface area contributed by atoms with Crippen molar-refractivity contribution < 1.29 is 0 Å². The van der Waals surface area contributed by atoms with E-state index in [2.05, 4.69) is 20.4 Å². The molecule has 1 fully saturated rings. The Bertz CT molecular complexity index is 326. The van der Waals surface area contributed by atoms with Gasteiger partial charge in [0.2, 0.25) is 5.95 Å². The molecule has 0 N–H and O–H groups in total. The average Bonchev–Trinajstić information content (AvgIpc) is 2.64. The molecule has 2 rings (SSSR count). The third-order valence-electron chi connectivity index (χ3n) is 3.06. The minimum atomic E-state index is 0.209. The van der Waals surface area contributed by atoms with Crippen LogP contribution < -0.4 is 4.90 Å². The number of halogens is 1. The van der Waals surface area contributed by atoms with Crippen LogP contribution in [0, 0.1) is 0 Å². The number of tetrazole rings is 1. The van der Waals surface area contributed by atoms with E-state index in [4.69, 9.17) is 11.6 Å². The Labute approximate surface area is 94.4 Å². The van der Waals surface area contributed by atoms with Crippen LogP contribution in [0.5, 0.6) is 0 Å². The van der Waals surface area contributed by atoms with E-state index in [-0.39, 0.29) is 5.38 Å². The van der Waals surface area contributed by atoms with Crippen molar-refractivity contribution in [2.24, 2.45) is 7.05 Å². The second kappa shape index (κ2) is 4.35. The Kier molecular flexibility index (Phi) is 3.09. The molecule has 5 nitrogen and oxygen atoms in total. The van der Waals surface area contributed by atoms with Gasteiger partial charge in [-0.25, -0.2) is 4.68 Å². The Hall–Kier alpha value is -0.840.